The third kappa shape index (κ3) is 5.81. The summed E-state index contributed by atoms with van der Waals surface area (Å²) in [5.74, 6) is -2.76. The number of hydrogen-bond donors (Lipinski definition) is 3. The van der Waals surface area contributed by atoms with E-state index in [-0.39, 0.29) is 18.0 Å². The Hall–Kier alpha value is -2.96. The summed E-state index contributed by atoms with van der Waals surface area (Å²) >= 11 is 0. The highest BCUT2D eigenvalue weighted by atomic mass is 32.2. The fraction of sp³-hybridized carbons (Fsp3) is 0.263. The van der Waals surface area contributed by atoms with Crippen LogP contribution in [0.5, 0.6) is 0 Å². The lowest BCUT2D eigenvalue weighted by Crippen LogP contribution is -2.29. The first-order valence-corrected chi connectivity index (χ1v) is 10.2. The number of carboxylic acids is 1. The number of halogens is 3. The molecular formula is C19H20F3N3O5S. The standard InChI is InChI=1S/C17H19N3O3S.C2HF3O2/c1-12-11-16-15(7-8-18-17(16)19-12)13-3-5-14(6-4-13)24(22,23)20(2)9-10-21;3-2(4,5)1(6)7/h3-8,11,21H,9-10H2,1-2H3,(H,18,19);(H,6,7). The quantitative estimate of drug-likeness (QED) is 0.539. The largest absolute Gasteiger partial charge is 0.490 e. The molecule has 0 aliphatic carbocycles. The van der Waals surface area contributed by atoms with Crippen LogP contribution in [0.4, 0.5) is 13.2 Å². The number of rotatable bonds is 5. The molecule has 0 bridgehead atoms. The Morgan fingerprint density at radius 1 is 1.19 bits per heavy atom. The highest BCUT2D eigenvalue weighted by Crippen LogP contribution is 2.29. The van der Waals surface area contributed by atoms with Gasteiger partial charge in [-0.05, 0) is 42.3 Å². The number of benzene rings is 1. The molecule has 3 rings (SSSR count). The fourth-order valence-electron chi connectivity index (χ4n) is 2.66. The first-order valence-electron chi connectivity index (χ1n) is 8.80. The number of likely N-dealkylation sites (N-methyl/N-ethyl adjacent to an activating group) is 1. The van der Waals surface area contributed by atoms with Crippen LogP contribution in [0.1, 0.15) is 5.69 Å². The molecule has 0 atom stereocenters. The molecule has 8 nitrogen and oxygen atoms in total. The van der Waals surface area contributed by atoms with Gasteiger partial charge in [0.25, 0.3) is 0 Å². The number of H-pyrrole nitrogens is 1. The van der Waals surface area contributed by atoms with Crippen molar-refractivity contribution >= 4 is 27.0 Å². The van der Waals surface area contributed by atoms with Gasteiger partial charge >= 0.3 is 12.1 Å². The van der Waals surface area contributed by atoms with E-state index in [4.69, 9.17) is 15.0 Å². The first-order chi connectivity index (χ1) is 14.4. The summed E-state index contributed by atoms with van der Waals surface area (Å²) in [6.45, 7) is 1.82. The monoisotopic (exact) mass is 459 g/mol. The van der Waals surface area contributed by atoms with Crippen molar-refractivity contribution in [3.63, 3.8) is 0 Å². The number of nitrogens with one attached hydrogen (secondary N) is 1. The second-order valence-electron chi connectivity index (χ2n) is 6.45. The summed E-state index contributed by atoms with van der Waals surface area (Å²) in [4.78, 5) is 16.6. The third-order valence-electron chi connectivity index (χ3n) is 4.20. The molecule has 3 N–H and O–H groups in total. The minimum Gasteiger partial charge on any atom is -0.475 e. The summed E-state index contributed by atoms with van der Waals surface area (Å²) in [6, 6.07) is 10.7. The lowest BCUT2D eigenvalue weighted by Gasteiger charge is -2.16. The van der Waals surface area contributed by atoms with Crippen LogP contribution in [0.15, 0.2) is 47.5 Å². The predicted molar refractivity (Wildman–Crippen MR) is 107 cm³/mol. The topological polar surface area (TPSA) is 124 Å². The molecule has 2 aromatic heterocycles. The van der Waals surface area contributed by atoms with Gasteiger partial charge in [-0.25, -0.2) is 18.2 Å². The van der Waals surface area contributed by atoms with Gasteiger partial charge in [-0.1, -0.05) is 12.1 Å². The number of sulfonamides is 1. The van der Waals surface area contributed by atoms with Gasteiger partial charge in [0, 0.05) is 30.9 Å². The van der Waals surface area contributed by atoms with E-state index >= 15 is 0 Å². The van der Waals surface area contributed by atoms with Crippen LogP contribution in [0.25, 0.3) is 22.2 Å². The van der Waals surface area contributed by atoms with Crippen LogP contribution in [-0.2, 0) is 14.8 Å². The number of nitrogens with zero attached hydrogens (tertiary/aromatic N) is 2. The van der Waals surface area contributed by atoms with Gasteiger partial charge in [-0.3, -0.25) is 0 Å². The number of aliphatic hydroxyl groups excluding tert-OH is 1. The Balaban J connectivity index is 0.000000423. The van der Waals surface area contributed by atoms with Crippen LogP contribution in [0, 0.1) is 6.92 Å². The summed E-state index contributed by atoms with van der Waals surface area (Å²) in [7, 11) is -2.13. The molecule has 0 saturated heterocycles. The second-order valence-corrected chi connectivity index (χ2v) is 8.50. The molecular weight excluding hydrogens is 439 g/mol. The molecule has 0 amide bonds. The van der Waals surface area contributed by atoms with Crippen LogP contribution in [-0.4, -0.2) is 65.2 Å². The Bertz CT molecular complexity index is 1160. The number of carbonyl (C=O) groups is 1. The van der Waals surface area contributed by atoms with E-state index in [2.05, 4.69) is 9.97 Å². The Labute approximate surface area is 176 Å². The number of aliphatic carboxylic acids is 1. The van der Waals surface area contributed by atoms with Gasteiger partial charge in [0.2, 0.25) is 10.0 Å². The van der Waals surface area contributed by atoms with E-state index in [1.54, 1.807) is 30.5 Å². The van der Waals surface area contributed by atoms with Crippen molar-refractivity contribution in [3.8, 4) is 11.1 Å². The zero-order valence-electron chi connectivity index (χ0n) is 16.5. The minimum absolute atomic E-state index is 0.0672. The van der Waals surface area contributed by atoms with Crippen molar-refractivity contribution in [1.29, 1.82) is 0 Å². The Morgan fingerprint density at radius 3 is 2.29 bits per heavy atom. The van der Waals surface area contributed by atoms with Gasteiger partial charge in [-0.2, -0.15) is 17.5 Å². The van der Waals surface area contributed by atoms with Crippen LogP contribution in [0.2, 0.25) is 0 Å². The molecule has 0 aliphatic rings. The highest BCUT2D eigenvalue weighted by Gasteiger charge is 2.38. The predicted octanol–water partition coefficient (Wildman–Crippen LogP) is 2.78. The summed E-state index contributed by atoms with van der Waals surface area (Å²) in [5.41, 5.74) is 3.75. The molecule has 3 aromatic rings. The van der Waals surface area contributed by atoms with Gasteiger partial charge in [0.15, 0.2) is 0 Å². The van der Waals surface area contributed by atoms with E-state index < -0.39 is 22.2 Å². The Morgan fingerprint density at radius 2 is 1.77 bits per heavy atom. The second kappa shape index (κ2) is 9.45. The third-order valence-corrected chi connectivity index (χ3v) is 6.07. The number of aryl methyl sites for hydroxylation is 1. The SMILES string of the molecule is Cc1cc2c(-c3ccc(S(=O)(=O)N(C)CCO)cc3)ccnc2[nH]1.O=C(O)C(F)(F)F. The summed E-state index contributed by atoms with van der Waals surface area (Å²) in [6.07, 6.45) is -3.35. The zero-order valence-corrected chi connectivity index (χ0v) is 17.3. The molecule has 12 heteroatoms. The average molecular weight is 459 g/mol. The molecule has 0 radical (unpaired) electrons. The highest BCUT2D eigenvalue weighted by molar-refractivity contribution is 7.89. The summed E-state index contributed by atoms with van der Waals surface area (Å²) in [5, 5.41) is 17.1. The number of aromatic nitrogens is 2. The molecule has 0 saturated carbocycles. The van der Waals surface area contributed by atoms with Crippen molar-refractivity contribution in [3.05, 3.63) is 48.3 Å². The number of aromatic amines is 1. The molecule has 168 valence electrons. The number of hydrogen-bond acceptors (Lipinski definition) is 5. The molecule has 0 fully saturated rings. The molecule has 0 unspecified atom stereocenters. The number of alkyl halides is 3. The zero-order chi connectivity index (χ0) is 23.4. The van der Waals surface area contributed by atoms with Crippen LogP contribution in [0.3, 0.4) is 0 Å². The van der Waals surface area contributed by atoms with Gasteiger partial charge in [0.05, 0.1) is 11.5 Å². The van der Waals surface area contributed by atoms with E-state index in [1.807, 2.05) is 19.1 Å². The molecule has 0 aliphatic heterocycles. The van der Waals surface area contributed by atoms with E-state index in [1.165, 1.54) is 7.05 Å². The van der Waals surface area contributed by atoms with Crippen molar-refractivity contribution in [2.24, 2.45) is 0 Å². The lowest BCUT2D eigenvalue weighted by atomic mass is 10.0. The maximum absolute atomic E-state index is 12.4. The molecule has 2 heterocycles. The van der Waals surface area contributed by atoms with Crippen molar-refractivity contribution < 1.29 is 36.6 Å². The average Bonchev–Trinajstić information content (AvgIpc) is 3.08. The maximum Gasteiger partial charge on any atom is 0.490 e. The minimum atomic E-state index is -5.08. The van der Waals surface area contributed by atoms with E-state index in [0.717, 1.165) is 32.2 Å². The van der Waals surface area contributed by atoms with Crippen molar-refractivity contribution in [1.82, 2.24) is 14.3 Å². The lowest BCUT2D eigenvalue weighted by molar-refractivity contribution is -0.192. The molecule has 31 heavy (non-hydrogen) atoms. The molecule has 1 aromatic carbocycles. The van der Waals surface area contributed by atoms with E-state index in [0.29, 0.717) is 0 Å². The maximum atomic E-state index is 12.4. The first kappa shape index (κ1) is 24.3. The number of aliphatic hydroxyl groups is 1. The van der Waals surface area contributed by atoms with Crippen LogP contribution >= 0.6 is 0 Å². The number of fused-ring (bicyclic) bond motifs is 1. The van der Waals surface area contributed by atoms with Crippen molar-refractivity contribution in [2.45, 2.75) is 18.0 Å². The number of carboxylic acid groups (broad SMARTS) is 1. The van der Waals surface area contributed by atoms with Gasteiger partial charge in [-0.15, -0.1) is 0 Å². The molecule has 0 spiro atoms. The smallest absolute Gasteiger partial charge is 0.475 e. The van der Waals surface area contributed by atoms with Gasteiger partial charge < -0.3 is 15.2 Å². The summed E-state index contributed by atoms with van der Waals surface area (Å²) < 4.78 is 57.6. The van der Waals surface area contributed by atoms with Crippen molar-refractivity contribution in [2.75, 3.05) is 20.2 Å². The number of pyridine rings is 1. The Kier molecular flexibility index (Phi) is 7.41. The van der Waals surface area contributed by atoms with E-state index in [9.17, 15) is 21.6 Å². The normalized spacial score (nSPS) is 12.0. The van der Waals surface area contributed by atoms with Crippen LogP contribution < -0.4 is 0 Å². The van der Waals surface area contributed by atoms with Gasteiger partial charge in [0.1, 0.15) is 5.65 Å². The fourth-order valence-corrected chi connectivity index (χ4v) is 3.82.